The normalized spacial score (nSPS) is 13.2. The Morgan fingerprint density at radius 1 is 0.682 bits per heavy atom. The van der Waals surface area contributed by atoms with Crippen molar-refractivity contribution in [2.24, 2.45) is 10.2 Å². The van der Waals surface area contributed by atoms with Crippen LogP contribution in [0.4, 0.5) is 22.7 Å². The lowest BCUT2D eigenvalue weighted by atomic mass is 10.1. The average molecular weight is 591 g/mol. The van der Waals surface area contributed by atoms with Gasteiger partial charge in [-0.05, 0) is 98.0 Å². The standard InChI is InChI=1S/C20H25N3.C17H21N3O/c1-17(21-22(2)19-9-5-3-6-10-19)18-11-13-20(14-12-18)23-15-7-4-8-16-23;1-19(2)15-7-5-14(6-8-15)13-18-20(3)16-9-11-17(21-4)12-10-16/h3,5-6,9-14H,4,7-8,15-16H2,1-2H3;5-13H,1-4H3/b;18-13-. The van der Waals surface area contributed by atoms with Gasteiger partial charge in [0.2, 0.25) is 0 Å². The summed E-state index contributed by atoms with van der Waals surface area (Å²) in [6.45, 7) is 4.43. The van der Waals surface area contributed by atoms with E-state index in [1.807, 2.05) is 86.9 Å². The summed E-state index contributed by atoms with van der Waals surface area (Å²) in [6, 6.07) is 35.1. The van der Waals surface area contributed by atoms with E-state index in [-0.39, 0.29) is 0 Å². The maximum absolute atomic E-state index is 5.15. The summed E-state index contributed by atoms with van der Waals surface area (Å²) in [4.78, 5) is 4.56. The van der Waals surface area contributed by atoms with Gasteiger partial charge in [0.1, 0.15) is 5.75 Å². The van der Waals surface area contributed by atoms with Gasteiger partial charge in [-0.1, -0.05) is 42.5 Å². The van der Waals surface area contributed by atoms with Gasteiger partial charge in [0.25, 0.3) is 0 Å². The number of hydrogen-bond donors (Lipinski definition) is 0. The van der Waals surface area contributed by atoms with Crippen LogP contribution in [0.5, 0.6) is 5.75 Å². The third kappa shape index (κ3) is 9.36. The van der Waals surface area contributed by atoms with Crippen molar-refractivity contribution in [2.45, 2.75) is 26.2 Å². The summed E-state index contributed by atoms with van der Waals surface area (Å²) in [5.74, 6) is 0.843. The number of hydrazone groups is 2. The van der Waals surface area contributed by atoms with Crippen LogP contribution in [0, 0.1) is 0 Å². The number of methoxy groups -OCH3 is 1. The SMILES string of the molecule is CC(=NN(C)c1ccccc1)c1ccc(N2CCCCC2)cc1.COc1ccc(N(C)/N=C\c2ccc(N(C)C)cc2)cc1. The molecule has 0 bridgehead atoms. The van der Waals surface area contributed by atoms with Crippen molar-refractivity contribution in [3.05, 3.63) is 114 Å². The molecule has 0 radical (unpaired) electrons. The van der Waals surface area contributed by atoms with Gasteiger partial charge < -0.3 is 14.5 Å². The Kier molecular flexibility index (Phi) is 11.8. The molecular weight excluding hydrogens is 544 g/mol. The number of anilines is 4. The van der Waals surface area contributed by atoms with Gasteiger partial charge in [0.15, 0.2) is 0 Å². The van der Waals surface area contributed by atoms with E-state index in [2.05, 4.69) is 82.5 Å². The molecule has 4 aromatic rings. The molecule has 0 N–H and O–H groups in total. The van der Waals surface area contributed by atoms with Gasteiger partial charge in [-0.15, -0.1) is 0 Å². The van der Waals surface area contributed by atoms with E-state index in [0.29, 0.717) is 0 Å². The van der Waals surface area contributed by atoms with E-state index >= 15 is 0 Å². The molecule has 1 aliphatic heterocycles. The third-order valence-corrected chi connectivity index (χ3v) is 7.67. The summed E-state index contributed by atoms with van der Waals surface area (Å²) in [7, 11) is 9.63. The number of para-hydroxylation sites is 1. The predicted molar refractivity (Wildman–Crippen MR) is 189 cm³/mol. The van der Waals surface area contributed by atoms with E-state index in [4.69, 9.17) is 9.84 Å². The molecule has 4 aromatic carbocycles. The summed E-state index contributed by atoms with van der Waals surface area (Å²) < 4.78 is 5.15. The summed E-state index contributed by atoms with van der Waals surface area (Å²) in [6.07, 6.45) is 5.84. The van der Waals surface area contributed by atoms with Crippen LogP contribution in [-0.4, -0.2) is 60.3 Å². The predicted octanol–water partition coefficient (Wildman–Crippen LogP) is 7.77. The number of rotatable bonds is 9. The van der Waals surface area contributed by atoms with Gasteiger partial charge >= 0.3 is 0 Å². The second kappa shape index (κ2) is 16.2. The summed E-state index contributed by atoms with van der Waals surface area (Å²) in [5.41, 5.74) is 7.89. The Balaban J connectivity index is 0.000000202. The van der Waals surface area contributed by atoms with Gasteiger partial charge in [-0.25, -0.2) is 0 Å². The van der Waals surface area contributed by atoms with Crippen LogP contribution in [0.15, 0.2) is 113 Å². The van der Waals surface area contributed by atoms with Crippen molar-refractivity contribution in [1.29, 1.82) is 0 Å². The van der Waals surface area contributed by atoms with Crippen molar-refractivity contribution in [1.82, 2.24) is 0 Å². The Bertz CT molecular complexity index is 1460. The van der Waals surface area contributed by atoms with Crippen molar-refractivity contribution in [3.63, 3.8) is 0 Å². The fourth-order valence-corrected chi connectivity index (χ4v) is 4.93. The molecule has 1 heterocycles. The minimum Gasteiger partial charge on any atom is -0.497 e. The summed E-state index contributed by atoms with van der Waals surface area (Å²) in [5, 5.41) is 12.9. The van der Waals surface area contributed by atoms with Crippen LogP contribution in [-0.2, 0) is 0 Å². The zero-order valence-corrected chi connectivity index (χ0v) is 27.0. The molecule has 7 nitrogen and oxygen atoms in total. The van der Waals surface area contributed by atoms with Crippen LogP contribution in [0.25, 0.3) is 0 Å². The monoisotopic (exact) mass is 590 g/mol. The highest BCUT2D eigenvalue weighted by Gasteiger charge is 2.11. The molecule has 0 amide bonds. The molecular formula is C37H46N6O. The van der Waals surface area contributed by atoms with E-state index in [1.165, 1.54) is 49.3 Å². The molecule has 0 saturated carbocycles. The zero-order valence-electron chi connectivity index (χ0n) is 27.0. The average Bonchev–Trinajstić information content (AvgIpc) is 3.08. The molecule has 0 unspecified atom stereocenters. The lowest BCUT2D eigenvalue weighted by molar-refractivity contribution is 0.415. The van der Waals surface area contributed by atoms with Crippen molar-refractivity contribution < 1.29 is 4.74 Å². The Morgan fingerprint density at radius 3 is 1.86 bits per heavy atom. The molecule has 5 rings (SSSR count). The number of ether oxygens (including phenoxy) is 1. The fraction of sp³-hybridized carbons (Fsp3) is 0.297. The smallest absolute Gasteiger partial charge is 0.119 e. The molecule has 7 heteroatoms. The van der Waals surface area contributed by atoms with Gasteiger partial charge in [0.05, 0.1) is 30.4 Å². The second-order valence-electron chi connectivity index (χ2n) is 11.1. The number of nitrogens with zero attached hydrogens (tertiary/aromatic N) is 6. The number of hydrogen-bond acceptors (Lipinski definition) is 7. The van der Waals surface area contributed by atoms with Crippen LogP contribution < -0.4 is 24.6 Å². The highest BCUT2D eigenvalue weighted by atomic mass is 16.5. The first kappa shape index (κ1) is 32.1. The molecule has 1 fully saturated rings. The van der Waals surface area contributed by atoms with Gasteiger partial charge in [-0.2, -0.15) is 10.2 Å². The third-order valence-electron chi connectivity index (χ3n) is 7.67. The first-order chi connectivity index (χ1) is 21.3. The molecule has 0 spiro atoms. The first-order valence-corrected chi connectivity index (χ1v) is 15.2. The lowest BCUT2D eigenvalue weighted by Crippen LogP contribution is -2.29. The van der Waals surface area contributed by atoms with Gasteiger partial charge in [0, 0.05) is 52.7 Å². The maximum atomic E-state index is 5.15. The van der Waals surface area contributed by atoms with Gasteiger partial charge in [-0.3, -0.25) is 10.0 Å². The van der Waals surface area contributed by atoms with E-state index in [1.54, 1.807) is 7.11 Å². The van der Waals surface area contributed by atoms with Crippen molar-refractivity contribution >= 4 is 34.7 Å². The van der Waals surface area contributed by atoms with E-state index in [9.17, 15) is 0 Å². The lowest BCUT2D eigenvalue weighted by Gasteiger charge is -2.28. The first-order valence-electron chi connectivity index (χ1n) is 15.2. The van der Waals surface area contributed by atoms with Crippen molar-refractivity contribution in [2.75, 3.05) is 68.2 Å². The largest absolute Gasteiger partial charge is 0.497 e. The number of piperidine rings is 1. The highest BCUT2D eigenvalue weighted by molar-refractivity contribution is 5.99. The minimum absolute atomic E-state index is 0.843. The minimum atomic E-state index is 0.843. The molecule has 44 heavy (non-hydrogen) atoms. The summed E-state index contributed by atoms with van der Waals surface area (Å²) >= 11 is 0. The van der Waals surface area contributed by atoms with Crippen LogP contribution in [0.2, 0.25) is 0 Å². The Morgan fingerprint density at radius 2 is 1.27 bits per heavy atom. The maximum Gasteiger partial charge on any atom is 0.119 e. The molecule has 0 aliphatic carbocycles. The quantitative estimate of drug-likeness (QED) is 0.147. The highest BCUT2D eigenvalue weighted by Crippen LogP contribution is 2.21. The second-order valence-corrected chi connectivity index (χ2v) is 11.1. The van der Waals surface area contributed by atoms with Crippen molar-refractivity contribution in [3.8, 4) is 5.75 Å². The van der Waals surface area contributed by atoms with Crippen LogP contribution >= 0.6 is 0 Å². The molecule has 230 valence electrons. The van der Waals surface area contributed by atoms with Crippen LogP contribution in [0.3, 0.4) is 0 Å². The van der Waals surface area contributed by atoms with Crippen LogP contribution in [0.1, 0.15) is 37.3 Å². The number of benzene rings is 4. The Labute approximate surface area is 263 Å². The van der Waals surface area contributed by atoms with E-state index in [0.717, 1.165) is 28.4 Å². The van der Waals surface area contributed by atoms with E-state index < -0.39 is 0 Å². The molecule has 1 saturated heterocycles. The molecule has 0 aromatic heterocycles. The Hall–Kier alpha value is -4.78. The molecule has 1 aliphatic rings. The molecule has 0 atom stereocenters. The fourth-order valence-electron chi connectivity index (χ4n) is 4.93. The topological polar surface area (TPSA) is 46.9 Å². The zero-order chi connectivity index (χ0) is 31.3.